The van der Waals surface area contributed by atoms with Gasteiger partial charge in [0.05, 0.1) is 5.60 Å². The van der Waals surface area contributed by atoms with E-state index in [9.17, 15) is 9.50 Å². The third kappa shape index (κ3) is 2.60. The van der Waals surface area contributed by atoms with Crippen LogP contribution in [0.3, 0.4) is 0 Å². The van der Waals surface area contributed by atoms with Crippen LogP contribution >= 0.6 is 0 Å². The van der Waals surface area contributed by atoms with Gasteiger partial charge < -0.3 is 10.4 Å². The van der Waals surface area contributed by atoms with Crippen molar-refractivity contribution in [3.05, 3.63) is 35.6 Å². The van der Waals surface area contributed by atoms with Crippen molar-refractivity contribution in [3.63, 3.8) is 0 Å². The molecule has 0 radical (unpaired) electrons. The van der Waals surface area contributed by atoms with Crippen LogP contribution in [-0.4, -0.2) is 17.7 Å². The minimum Gasteiger partial charge on any atom is -0.385 e. The second-order valence-corrected chi connectivity index (χ2v) is 4.78. The summed E-state index contributed by atoms with van der Waals surface area (Å²) in [6, 6.07) is 6.48. The van der Waals surface area contributed by atoms with Crippen molar-refractivity contribution in [3.8, 4) is 0 Å². The van der Waals surface area contributed by atoms with Gasteiger partial charge in [-0.2, -0.15) is 0 Å². The molecule has 2 unspecified atom stereocenters. The van der Waals surface area contributed by atoms with E-state index >= 15 is 0 Å². The zero-order valence-corrected chi connectivity index (χ0v) is 9.54. The molecule has 88 valence electrons. The quantitative estimate of drug-likeness (QED) is 0.823. The molecule has 3 heteroatoms. The molecule has 0 saturated carbocycles. The Morgan fingerprint density at radius 3 is 2.69 bits per heavy atom. The topological polar surface area (TPSA) is 32.3 Å². The molecular formula is C13H18FNO. The van der Waals surface area contributed by atoms with Gasteiger partial charge in [-0.05, 0) is 50.4 Å². The van der Waals surface area contributed by atoms with E-state index in [4.69, 9.17) is 0 Å². The summed E-state index contributed by atoms with van der Waals surface area (Å²) in [6.07, 6.45) is 2.96. The molecule has 0 spiro atoms. The van der Waals surface area contributed by atoms with E-state index in [1.54, 1.807) is 19.1 Å². The highest BCUT2D eigenvalue weighted by atomic mass is 19.1. The van der Waals surface area contributed by atoms with Crippen molar-refractivity contribution >= 4 is 0 Å². The lowest BCUT2D eigenvalue weighted by molar-refractivity contribution is 0.0384. The Kier molecular flexibility index (Phi) is 3.26. The lowest BCUT2D eigenvalue weighted by Crippen LogP contribution is -2.32. The van der Waals surface area contributed by atoms with Gasteiger partial charge in [0.25, 0.3) is 0 Å². The second-order valence-electron chi connectivity index (χ2n) is 4.78. The van der Waals surface area contributed by atoms with Crippen LogP contribution in [0.15, 0.2) is 24.3 Å². The summed E-state index contributed by atoms with van der Waals surface area (Å²) in [5.74, 6) is -0.265. The minimum absolute atomic E-state index is 0.265. The molecule has 1 aromatic rings. The summed E-state index contributed by atoms with van der Waals surface area (Å²) >= 11 is 0. The molecule has 0 aliphatic carbocycles. The summed E-state index contributed by atoms with van der Waals surface area (Å²) in [5.41, 5.74) is -0.0991. The maximum atomic E-state index is 12.8. The maximum Gasteiger partial charge on any atom is 0.123 e. The highest BCUT2D eigenvalue weighted by molar-refractivity contribution is 5.22. The van der Waals surface area contributed by atoms with Gasteiger partial charge in [-0.3, -0.25) is 0 Å². The molecule has 0 amide bonds. The van der Waals surface area contributed by atoms with Gasteiger partial charge in [0, 0.05) is 6.04 Å². The third-order valence-corrected chi connectivity index (χ3v) is 3.27. The van der Waals surface area contributed by atoms with Gasteiger partial charge in [0.15, 0.2) is 0 Å². The molecule has 0 aromatic heterocycles. The smallest absolute Gasteiger partial charge is 0.123 e. The Morgan fingerprint density at radius 1 is 1.44 bits per heavy atom. The first-order valence-corrected chi connectivity index (χ1v) is 5.80. The average Bonchev–Trinajstić information content (AvgIpc) is 2.70. The summed E-state index contributed by atoms with van der Waals surface area (Å²) in [4.78, 5) is 0. The largest absolute Gasteiger partial charge is 0.385 e. The zero-order valence-electron chi connectivity index (χ0n) is 9.54. The van der Waals surface area contributed by atoms with Crippen molar-refractivity contribution in [1.29, 1.82) is 0 Å². The maximum absolute atomic E-state index is 12.8. The van der Waals surface area contributed by atoms with Gasteiger partial charge in [0.1, 0.15) is 5.82 Å². The van der Waals surface area contributed by atoms with Gasteiger partial charge in [-0.15, -0.1) is 0 Å². The van der Waals surface area contributed by atoms with E-state index in [2.05, 4.69) is 5.32 Å². The Bertz CT molecular complexity index is 341. The molecule has 1 aromatic carbocycles. The summed E-state index contributed by atoms with van der Waals surface area (Å²) in [5, 5.41) is 13.7. The second kappa shape index (κ2) is 4.52. The first kappa shape index (κ1) is 11.6. The first-order chi connectivity index (χ1) is 7.58. The van der Waals surface area contributed by atoms with Gasteiger partial charge in [-0.25, -0.2) is 4.39 Å². The minimum atomic E-state index is -0.879. The Morgan fingerprint density at radius 2 is 2.12 bits per heavy atom. The fourth-order valence-electron chi connectivity index (χ4n) is 2.34. The lowest BCUT2D eigenvalue weighted by atomic mass is 9.88. The standard InChI is InChI=1S/C13H18FNO/c1-13(16,9-12-3-2-8-15-12)10-4-6-11(14)7-5-10/h4-7,12,15-16H,2-3,8-9H2,1H3. The van der Waals surface area contributed by atoms with E-state index in [0.717, 1.165) is 18.5 Å². The Labute approximate surface area is 95.5 Å². The van der Waals surface area contributed by atoms with Crippen molar-refractivity contribution in [1.82, 2.24) is 5.32 Å². The predicted molar refractivity (Wildman–Crippen MR) is 61.6 cm³/mol. The molecule has 1 fully saturated rings. The summed E-state index contributed by atoms with van der Waals surface area (Å²) in [7, 11) is 0. The number of benzene rings is 1. The monoisotopic (exact) mass is 223 g/mol. The number of rotatable bonds is 3. The Balaban J connectivity index is 2.07. The highest BCUT2D eigenvalue weighted by Crippen LogP contribution is 2.28. The highest BCUT2D eigenvalue weighted by Gasteiger charge is 2.28. The molecule has 2 N–H and O–H groups in total. The van der Waals surface area contributed by atoms with Crippen LogP contribution in [0.2, 0.25) is 0 Å². The molecule has 2 rings (SSSR count). The van der Waals surface area contributed by atoms with E-state index in [1.807, 2.05) is 0 Å². The van der Waals surface area contributed by atoms with Crippen LogP contribution in [0.25, 0.3) is 0 Å². The van der Waals surface area contributed by atoms with E-state index in [-0.39, 0.29) is 5.82 Å². The fraction of sp³-hybridized carbons (Fsp3) is 0.538. The summed E-state index contributed by atoms with van der Waals surface area (Å²) < 4.78 is 12.8. The normalized spacial score (nSPS) is 24.3. The molecule has 1 aliphatic rings. The van der Waals surface area contributed by atoms with Gasteiger partial charge in [0.2, 0.25) is 0 Å². The van der Waals surface area contributed by atoms with Crippen molar-refractivity contribution in [2.75, 3.05) is 6.54 Å². The van der Waals surface area contributed by atoms with Gasteiger partial charge in [-0.1, -0.05) is 12.1 Å². The predicted octanol–water partition coefficient (Wildman–Crippen LogP) is 2.18. The number of hydrogen-bond acceptors (Lipinski definition) is 2. The van der Waals surface area contributed by atoms with Crippen molar-refractivity contribution in [2.45, 2.75) is 37.8 Å². The van der Waals surface area contributed by atoms with Crippen LogP contribution < -0.4 is 5.32 Å². The Hall–Kier alpha value is -0.930. The fourth-order valence-corrected chi connectivity index (χ4v) is 2.34. The van der Waals surface area contributed by atoms with Crippen molar-refractivity contribution < 1.29 is 9.50 Å². The molecule has 1 aliphatic heterocycles. The van der Waals surface area contributed by atoms with Crippen LogP contribution in [0, 0.1) is 5.82 Å². The van der Waals surface area contributed by atoms with Gasteiger partial charge >= 0.3 is 0 Å². The number of halogens is 1. The molecule has 16 heavy (non-hydrogen) atoms. The van der Waals surface area contributed by atoms with Crippen molar-refractivity contribution in [2.24, 2.45) is 0 Å². The SMILES string of the molecule is CC(O)(CC1CCCN1)c1ccc(F)cc1. The third-order valence-electron chi connectivity index (χ3n) is 3.27. The van der Waals surface area contributed by atoms with Crippen LogP contribution in [0.5, 0.6) is 0 Å². The van der Waals surface area contributed by atoms with Crippen LogP contribution in [0.1, 0.15) is 31.7 Å². The van der Waals surface area contributed by atoms with E-state index in [0.29, 0.717) is 12.5 Å². The van der Waals surface area contributed by atoms with E-state index < -0.39 is 5.60 Å². The molecule has 0 bridgehead atoms. The zero-order chi connectivity index (χ0) is 11.6. The molecular weight excluding hydrogens is 205 g/mol. The molecule has 1 saturated heterocycles. The van der Waals surface area contributed by atoms with Crippen LogP contribution in [-0.2, 0) is 5.60 Å². The van der Waals surface area contributed by atoms with Crippen LogP contribution in [0.4, 0.5) is 4.39 Å². The molecule has 1 heterocycles. The van der Waals surface area contributed by atoms with E-state index in [1.165, 1.54) is 18.6 Å². The summed E-state index contributed by atoms with van der Waals surface area (Å²) in [6.45, 7) is 2.82. The number of aliphatic hydroxyl groups is 1. The number of nitrogens with one attached hydrogen (secondary N) is 1. The number of hydrogen-bond donors (Lipinski definition) is 2. The molecule has 2 nitrogen and oxygen atoms in total. The molecule has 2 atom stereocenters. The lowest BCUT2D eigenvalue weighted by Gasteiger charge is -2.27. The first-order valence-electron chi connectivity index (χ1n) is 5.80. The average molecular weight is 223 g/mol.